The van der Waals surface area contributed by atoms with Gasteiger partial charge in [0.25, 0.3) is 5.91 Å². The van der Waals surface area contributed by atoms with Gasteiger partial charge in [0.15, 0.2) is 5.82 Å². The van der Waals surface area contributed by atoms with Gasteiger partial charge < -0.3 is 39.7 Å². The summed E-state index contributed by atoms with van der Waals surface area (Å²) in [5.41, 5.74) is 0.584. The number of unbranched alkanes of at least 4 members (excludes halogenated alkanes) is 1. The minimum Gasteiger partial charge on any atom is -0.449 e. The smallest absolute Gasteiger partial charge is 0.409 e. The van der Waals surface area contributed by atoms with Gasteiger partial charge in [0.2, 0.25) is 5.91 Å². The van der Waals surface area contributed by atoms with Gasteiger partial charge in [-0.2, -0.15) is 0 Å². The predicted octanol–water partition coefficient (Wildman–Crippen LogP) is 1.70. The number of carbonyl (C=O) groups excluding carboxylic acids is 3. The van der Waals surface area contributed by atoms with Gasteiger partial charge in [-0.05, 0) is 12.8 Å². The molecule has 2 aliphatic rings. The number of rotatable bonds is 11. The summed E-state index contributed by atoms with van der Waals surface area (Å²) in [6.07, 6.45) is 1.03. The van der Waals surface area contributed by atoms with Gasteiger partial charge in [-0.1, -0.05) is 43.7 Å². The molecule has 3 amide bonds. The fourth-order valence-corrected chi connectivity index (χ4v) is 5.31. The second kappa shape index (κ2) is 14.5. The Bertz CT molecular complexity index is 1280. The molecule has 4 rings (SSSR count). The fraction of sp³-hybridized carbons (Fsp3) is 0.519. The number of benzene rings is 1. The normalized spacial score (nSPS) is 17.9. The molecule has 1 aromatic carbocycles. The van der Waals surface area contributed by atoms with E-state index in [1.54, 1.807) is 12.1 Å². The first-order valence-corrected chi connectivity index (χ1v) is 15.8. The van der Waals surface area contributed by atoms with E-state index in [0.717, 1.165) is 19.3 Å². The zero-order chi connectivity index (χ0) is 30.1. The topological polar surface area (TPSA) is 184 Å². The van der Waals surface area contributed by atoms with Crippen molar-refractivity contribution in [1.29, 1.82) is 0 Å². The number of nitrogens with zero attached hydrogens (tertiary/aromatic N) is 4. The van der Waals surface area contributed by atoms with Crippen LogP contribution in [0, 0.1) is 0 Å². The molecule has 15 heteroatoms. The molecule has 0 saturated carbocycles. The third kappa shape index (κ3) is 8.96. The molecule has 4 N–H and O–H groups in total. The van der Waals surface area contributed by atoms with Gasteiger partial charge in [0.05, 0.1) is 25.4 Å². The summed E-state index contributed by atoms with van der Waals surface area (Å²) in [5.74, 6) is -0.802. The molecule has 2 aromatic rings. The number of hydrogen-bond acceptors (Lipinski definition) is 9. The first-order valence-electron chi connectivity index (χ1n) is 14.0. The first-order chi connectivity index (χ1) is 20.1. The third-order valence-corrected chi connectivity index (χ3v) is 7.71. The van der Waals surface area contributed by atoms with Gasteiger partial charge in [0, 0.05) is 44.4 Å². The van der Waals surface area contributed by atoms with Crippen LogP contribution in [0.1, 0.15) is 36.7 Å². The van der Waals surface area contributed by atoms with E-state index in [2.05, 4.69) is 20.6 Å². The van der Waals surface area contributed by atoms with Crippen molar-refractivity contribution in [3.63, 3.8) is 0 Å². The predicted molar refractivity (Wildman–Crippen MR) is 153 cm³/mol. The Morgan fingerprint density at radius 1 is 1.12 bits per heavy atom. The van der Waals surface area contributed by atoms with E-state index in [9.17, 15) is 28.7 Å². The van der Waals surface area contributed by atoms with E-state index in [-0.39, 0.29) is 43.7 Å². The lowest BCUT2D eigenvalue weighted by atomic mass is 10.2. The molecule has 3 heterocycles. The van der Waals surface area contributed by atoms with Crippen LogP contribution in [0.2, 0.25) is 0 Å². The zero-order valence-corrected chi connectivity index (χ0v) is 24.4. The molecular formula is C27H37N6O8P. The summed E-state index contributed by atoms with van der Waals surface area (Å²) in [7, 11) is -4.71. The molecule has 228 valence electrons. The number of amides is 3. The second-order valence-electron chi connectivity index (χ2n) is 10.2. The largest absolute Gasteiger partial charge is 0.449 e. The molecular weight excluding hydrogens is 567 g/mol. The van der Waals surface area contributed by atoms with Crippen molar-refractivity contribution in [1.82, 2.24) is 25.1 Å². The summed E-state index contributed by atoms with van der Waals surface area (Å²) < 4.78 is 22.6. The van der Waals surface area contributed by atoms with Crippen LogP contribution >= 0.6 is 7.60 Å². The second-order valence-corrected chi connectivity index (χ2v) is 11.9. The van der Waals surface area contributed by atoms with Crippen molar-refractivity contribution in [3.8, 4) is 11.4 Å². The third-order valence-electron chi connectivity index (χ3n) is 6.87. The van der Waals surface area contributed by atoms with Gasteiger partial charge in [-0.3, -0.25) is 14.2 Å². The van der Waals surface area contributed by atoms with Gasteiger partial charge in [0.1, 0.15) is 17.6 Å². The summed E-state index contributed by atoms with van der Waals surface area (Å²) in [6.45, 7) is 4.01. The lowest BCUT2D eigenvalue weighted by molar-refractivity contribution is -0.134. The molecule has 2 fully saturated rings. The molecule has 14 nitrogen and oxygen atoms in total. The highest BCUT2D eigenvalue weighted by atomic mass is 31.2. The quantitative estimate of drug-likeness (QED) is 0.216. The van der Waals surface area contributed by atoms with Crippen molar-refractivity contribution in [2.24, 2.45) is 0 Å². The van der Waals surface area contributed by atoms with Gasteiger partial charge in [-0.25, -0.2) is 14.8 Å². The SMILES string of the molecule is CCCCOC(=O)N1CCN(C(=O)C(CP(=O)(O)O)NC(=O)c2cc(NC3CCOC3)nc(-c3ccccc3)n2)CC1. The van der Waals surface area contributed by atoms with Crippen molar-refractivity contribution in [3.05, 3.63) is 42.1 Å². The first kappa shape index (κ1) is 31.4. The molecule has 2 saturated heterocycles. The maximum absolute atomic E-state index is 13.4. The minimum absolute atomic E-state index is 0.00832. The molecule has 0 radical (unpaired) electrons. The summed E-state index contributed by atoms with van der Waals surface area (Å²) in [4.78, 5) is 70.3. The number of nitrogens with one attached hydrogen (secondary N) is 2. The molecule has 0 spiro atoms. The van der Waals surface area contributed by atoms with Crippen LogP contribution in [-0.4, -0.2) is 112 Å². The van der Waals surface area contributed by atoms with Gasteiger partial charge in [-0.15, -0.1) is 0 Å². The van der Waals surface area contributed by atoms with E-state index >= 15 is 0 Å². The van der Waals surface area contributed by atoms with E-state index < -0.39 is 37.7 Å². The van der Waals surface area contributed by atoms with Crippen LogP contribution < -0.4 is 10.6 Å². The maximum Gasteiger partial charge on any atom is 0.409 e. The van der Waals surface area contributed by atoms with E-state index in [1.165, 1.54) is 15.9 Å². The highest BCUT2D eigenvalue weighted by molar-refractivity contribution is 7.51. The molecule has 42 heavy (non-hydrogen) atoms. The zero-order valence-electron chi connectivity index (χ0n) is 23.5. The number of ether oxygens (including phenoxy) is 2. The Labute approximate surface area is 244 Å². The molecule has 2 aliphatic heterocycles. The Morgan fingerprint density at radius 3 is 2.48 bits per heavy atom. The minimum atomic E-state index is -4.71. The molecule has 1 aromatic heterocycles. The average molecular weight is 605 g/mol. The Morgan fingerprint density at radius 2 is 1.83 bits per heavy atom. The number of anilines is 1. The number of aromatic nitrogens is 2. The number of piperazine rings is 1. The molecule has 0 aliphatic carbocycles. The Hall–Kier alpha value is -3.58. The van der Waals surface area contributed by atoms with Crippen LogP contribution in [0.4, 0.5) is 10.6 Å². The van der Waals surface area contributed by atoms with E-state index in [4.69, 9.17) is 9.47 Å². The highest BCUT2D eigenvalue weighted by Crippen LogP contribution is 2.35. The van der Waals surface area contributed by atoms with Crippen LogP contribution in [0.3, 0.4) is 0 Å². The van der Waals surface area contributed by atoms with Crippen molar-refractivity contribution in [2.45, 2.75) is 38.3 Å². The summed E-state index contributed by atoms with van der Waals surface area (Å²) >= 11 is 0. The van der Waals surface area contributed by atoms with Gasteiger partial charge >= 0.3 is 13.7 Å². The summed E-state index contributed by atoms with van der Waals surface area (Å²) in [6, 6.07) is 8.94. The van der Waals surface area contributed by atoms with Crippen LogP contribution in [-0.2, 0) is 18.8 Å². The van der Waals surface area contributed by atoms with Crippen LogP contribution in [0.15, 0.2) is 36.4 Å². The fourth-order valence-electron chi connectivity index (χ4n) is 4.59. The standard InChI is InChI=1S/C27H37N6O8P/c1-2-3-14-41-27(36)33-12-10-32(11-13-33)26(35)22(18-42(37,38)39)30-25(34)21-16-23(28-20-9-15-40-17-20)31-24(29-21)19-7-5-4-6-8-19/h4-8,16,20,22H,2-3,9-15,17-18H2,1H3,(H,30,34)(H,28,29,31)(H2,37,38,39). The average Bonchev–Trinajstić information content (AvgIpc) is 3.49. The Balaban J connectivity index is 1.49. The number of hydrogen-bond donors (Lipinski definition) is 4. The molecule has 0 bridgehead atoms. The number of carbonyl (C=O) groups is 3. The lowest BCUT2D eigenvalue weighted by Gasteiger charge is -2.36. The Kier molecular flexibility index (Phi) is 10.9. The summed E-state index contributed by atoms with van der Waals surface area (Å²) in [5, 5.41) is 5.73. The maximum atomic E-state index is 13.4. The van der Waals surface area contributed by atoms with Crippen LogP contribution in [0.25, 0.3) is 11.4 Å². The van der Waals surface area contributed by atoms with Crippen molar-refractivity contribution < 1.29 is 38.2 Å². The highest BCUT2D eigenvalue weighted by Gasteiger charge is 2.35. The molecule has 2 unspecified atom stereocenters. The van der Waals surface area contributed by atoms with Crippen LogP contribution in [0.5, 0.6) is 0 Å². The van der Waals surface area contributed by atoms with E-state index in [1.807, 2.05) is 25.1 Å². The van der Waals surface area contributed by atoms with Crippen molar-refractivity contribution in [2.75, 3.05) is 57.5 Å². The molecule has 2 atom stereocenters. The lowest BCUT2D eigenvalue weighted by Crippen LogP contribution is -2.56. The van der Waals surface area contributed by atoms with Crippen molar-refractivity contribution >= 4 is 31.3 Å². The monoisotopic (exact) mass is 604 g/mol. The van der Waals surface area contributed by atoms with E-state index in [0.29, 0.717) is 31.2 Å².